The molecule has 1 aliphatic heterocycles. The van der Waals surface area contributed by atoms with E-state index in [1.165, 1.54) is 13.8 Å². The van der Waals surface area contributed by atoms with Crippen LogP contribution in [0.2, 0.25) is 0 Å². The number of amides is 1. The van der Waals surface area contributed by atoms with Gasteiger partial charge in [-0.15, -0.1) is 0 Å². The monoisotopic (exact) mass is 335 g/mol. The van der Waals surface area contributed by atoms with Gasteiger partial charge in [0.25, 0.3) is 5.91 Å². The number of aldehydes is 1. The Balaban J connectivity index is 2.33. The van der Waals surface area contributed by atoms with E-state index in [9.17, 15) is 19.5 Å². The molecule has 22 heavy (non-hydrogen) atoms. The van der Waals surface area contributed by atoms with E-state index in [-0.39, 0.29) is 4.32 Å². The molecular formula is C15H13NO4S2. The van der Waals surface area contributed by atoms with Crippen LogP contribution in [-0.4, -0.2) is 38.0 Å². The Bertz CT molecular complexity index is 692. The average molecular weight is 335 g/mol. The van der Waals surface area contributed by atoms with Crippen LogP contribution in [0.3, 0.4) is 0 Å². The van der Waals surface area contributed by atoms with E-state index in [4.69, 9.17) is 12.2 Å². The minimum absolute atomic E-state index is 0.216. The van der Waals surface area contributed by atoms with Crippen molar-refractivity contribution in [2.24, 2.45) is 0 Å². The second-order valence-corrected chi connectivity index (χ2v) is 6.84. The van der Waals surface area contributed by atoms with Gasteiger partial charge in [-0.2, -0.15) is 0 Å². The first-order chi connectivity index (χ1) is 10.3. The van der Waals surface area contributed by atoms with E-state index >= 15 is 0 Å². The highest BCUT2D eigenvalue weighted by molar-refractivity contribution is 8.26. The minimum Gasteiger partial charge on any atom is -0.480 e. The van der Waals surface area contributed by atoms with Crippen molar-refractivity contribution in [3.63, 3.8) is 0 Å². The molecule has 0 saturated carbocycles. The zero-order chi connectivity index (χ0) is 16.5. The molecule has 1 saturated heterocycles. The van der Waals surface area contributed by atoms with Gasteiger partial charge in [0.15, 0.2) is 0 Å². The van der Waals surface area contributed by atoms with Crippen molar-refractivity contribution in [3.05, 3.63) is 40.3 Å². The fourth-order valence-corrected chi connectivity index (χ4v) is 3.41. The van der Waals surface area contributed by atoms with Crippen LogP contribution in [0.1, 0.15) is 29.8 Å². The number of nitrogens with zero attached hydrogens (tertiary/aromatic N) is 1. The van der Waals surface area contributed by atoms with Crippen LogP contribution in [0.4, 0.5) is 0 Å². The fraction of sp³-hybridized carbons (Fsp3) is 0.200. The number of carboxylic acids is 1. The van der Waals surface area contributed by atoms with Crippen LogP contribution in [0.25, 0.3) is 6.08 Å². The SMILES string of the molecule is CC(C)(C(=O)O)N1C(=O)/C(=C\c2ccc(C=O)cc2)SC1=S. The van der Waals surface area contributed by atoms with Gasteiger partial charge in [-0.05, 0) is 25.5 Å². The second kappa shape index (κ2) is 6.02. The molecule has 0 bridgehead atoms. The molecule has 1 amide bonds. The van der Waals surface area contributed by atoms with Gasteiger partial charge < -0.3 is 5.11 Å². The summed E-state index contributed by atoms with van der Waals surface area (Å²) in [6.45, 7) is 2.86. The molecule has 0 aromatic heterocycles. The van der Waals surface area contributed by atoms with Crippen molar-refractivity contribution in [3.8, 4) is 0 Å². The molecule has 1 heterocycles. The normalized spacial score (nSPS) is 17.2. The van der Waals surface area contributed by atoms with E-state index in [0.717, 1.165) is 28.5 Å². The highest BCUT2D eigenvalue weighted by Gasteiger charge is 2.46. The number of thiocarbonyl (C=S) groups is 1. The maximum atomic E-state index is 12.4. The standard InChI is InChI=1S/C15H13NO4S2/c1-15(2,13(19)20)16-12(18)11(22-14(16)21)7-9-3-5-10(8-17)6-4-9/h3-8H,1-2H3,(H,19,20)/b11-7+. The number of carbonyl (C=O) groups excluding carboxylic acids is 2. The molecule has 0 unspecified atom stereocenters. The first kappa shape index (κ1) is 16.4. The number of carboxylic acid groups (broad SMARTS) is 1. The van der Waals surface area contributed by atoms with E-state index in [2.05, 4.69) is 0 Å². The quantitative estimate of drug-likeness (QED) is 0.518. The van der Waals surface area contributed by atoms with E-state index < -0.39 is 17.4 Å². The van der Waals surface area contributed by atoms with E-state index in [1.54, 1.807) is 30.3 Å². The van der Waals surface area contributed by atoms with E-state index in [1.807, 2.05) is 0 Å². The van der Waals surface area contributed by atoms with Gasteiger partial charge in [-0.25, -0.2) is 4.79 Å². The van der Waals surface area contributed by atoms with Crippen LogP contribution in [0.15, 0.2) is 29.2 Å². The number of thioether (sulfide) groups is 1. The lowest BCUT2D eigenvalue weighted by atomic mass is 10.0. The molecule has 1 aliphatic rings. The third kappa shape index (κ3) is 2.95. The lowest BCUT2D eigenvalue weighted by Crippen LogP contribution is -2.52. The van der Waals surface area contributed by atoms with Gasteiger partial charge in [-0.3, -0.25) is 14.5 Å². The summed E-state index contributed by atoms with van der Waals surface area (Å²) in [5.41, 5.74) is -0.131. The van der Waals surface area contributed by atoms with Crippen molar-refractivity contribution >= 4 is 52.5 Å². The largest absolute Gasteiger partial charge is 0.480 e. The predicted octanol–water partition coefficient (Wildman–Crippen LogP) is 2.56. The van der Waals surface area contributed by atoms with Crippen molar-refractivity contribution < 1.29 is 19.5 Å². The highest BCUT2D eigenvalue weighted by atomic mass is 32.2. The molecule has 0 atom stereocenters. The third-order valence-corrected chi connectivity index (χ3v) is 4.55. The second-order valence-electron chi connectivity index (χ2n) is 5.17. The minimum atomic E-state index is -1.40. The number of rotatable bonds is 4. The molecule has 1 aromatic rings. The van der Waals surface area contributed by atoms with Crippen molar-refractivity contribution in [1.82, 2.24) is 4.90 Å². The topological polar surface area (TPSA) is 74.7 Å². The van der Waals surface area contributed by atoms with Crippen LogP contribution in [-0.2, 0) is 9.59 Å². The molecule has 2 rings (SSSR count). The van der Waals surface area contributed by atoms with Crippen LogP contribution in [0.5, 0.6) is 0 Å². The average Bonchev–Trinajstić information content (AvgIpc) is 2.74. The van der Waals surface area contributed by atoms with Gasteiger partial charge in [0, 0.05) is 5.56 Å². The molecule has 7 heteroatoms. The van der Waals surface area contributed by atoms with Crippen molar-refractivity contribution in [1.29, 1.82) is 0 Å². The number of benzene rings is 1. The molecule has 0 radical (unpaired) electrons. The molecule has 1 fully saturated rings. The van der Waals surface area contributed by atoms with E-state index in [0.29, 0.717) is 10.5 Å². The summed E-state index contributed by atoms with van der Waals surface area (Å²) in [5, 5.41) is 9.26. The smallest absolute Gasteiger partial charge is 0.329 e. The number of hydrogen-bond acceptors (Lipinski definition) is 5. The third-order valence-electron chi connectivity index (χ3n) is 3.25. The van der Waals surface area contributed by atoms with Gasteiger partial charge in [0.05, 0.1) is 4.91 Å². The Kier molecular flexibility index (Phi) is 4.48. The first-order valence-electron chi connectivity index (χ1n) is 6.34. The predicted molar refractivity (Wildman–Crippen MR) is 88.6 cm³/mol. The maximum absolute atomic E-state index is 12.4. The van der Waals surface area contributed by atoms with Gasteiger partial charge >= 0.3 is 5.97 Å². The Morgan fingerprint density at radius 1 is 1.27 bits per heavy atom. The summed E-state index contributed by atoms with van der Waals surface area (Å²) in [5.74, 6) is -1.55. The summed E-state index contributed by atoms with van der Waals surface area (Å²) >= 11 is 6.20. The molecule has 1 aromatic carbocycles. The van der Waals surface area contributed by atoms with Gasteiger partial charge in [0.2, 0.25) is 0 Å². The Hall–Kier alpha value is -1.99. The first-order valence-corrected chi connectivity index (χ1v) is 7.56. The number of carbonyl (C=O) groups is 3. The molecule has 114 valence electrons. The summed E-state index contributed by atoms with van der Waals surface area (Å²) in [7, 11) is 0. The molecule has 0 spiro atoms. The Morgan fingerprint density at radius 3 is 2.32 bits per heavy atom. The molecular weight excluding hydrogens is 322 g/mol. The summed E-state index contributed by atoms with van der Waals surface area (Å²) in [6.07, 6.45) is 2.37. The molecule has 1 N–H and O–H groups in total. The maximum Gasteiger partial charge on any atom is 0.329 e. The zero-order valence-corrected chi connectivity index (χ0v) is 13.5. The fourth-order valence-electron chi connectivity index (χ4n) is 1.87. The number of hydrogen-bond donors (Lipinski definition) is 1. The van der Waals surface area contributed by atoms with Gasteiger partial charge in [-0.1, -0.05) is 48.2 Å². The summed E-state index contributed by atoms with van der Waals surface area (Å²) in [4.78, 5) is 35.8. The lowest BCUT2D eigenvalue weighted by molar-refractivity contribution is -0.150. The summed E-state index contributed by atoms with van der Waals surface area (Å²) < 4.78 is 0.216. The number of aliphatic carboxylic acids is 1. The Morgan fingerprint density at radius 2 is 1.82 bits per heavy atom. The van der Waals surface area contributed by atoms with Crippen LogP contribution >= 0.6 is 24.0 Å². The lowest BCUT2D eigenvalue weighted by Gasteiger charge is -2.29. The van der Waals surface area contributed by atoms with Gasteiger partial charge in [0.1, 0.15) is 16.1 Å². The van der Waals surface area contributed by atoms with Crippen molar-refractivity contribution in [2.75, 3.05) is 0 Å². The van der Waals surface area contributed by atoms with Crippen LogP contribution < -0.4 is 0 Å². The molecule has 5 nitrogen and oxygen atoms in total. The Labute approximate surface area is 137 Å². The zero-order valence-electron chi connectivity index (χ0n) is 11.9. The van der Waals surface area contributed by atoms with Crippen LogP contribution in [0, 0.1) is 0 Å². The molecule has 0 aliphatic carbocycles. The van der Waals surface area contributed by atoms with Crippen molar-refractivity contribution in [2.45, 2.75) is 19.4 Å². The highest BCUT2D eigenvalue weighted by Crippen LogP contribution is 2.37. The summed E-state index contributed by atoms with van der Waals surface area (Å²) in [6, 6.07) is 6.69.